The maximum atomic E-state index is 13.4. The van der Waals surface area contributed by atoms with Gasteiger partial charge < -0.3 is 5.73 Å². The fourth-order valence-electron chi connectivity index (χ4n) is 1.71. The van der Waals surface area contributed by atoms with E-state index in [-0.39, 0.29) is 16.8 Å². The molecule has 0 bridgehead atoms. The van der Waals surface area contributed by atoms with E-state index in [0.717, 1.165) is 24.3 Å². The van der Waals surface area contributed by atoms with Crippen molar-refractivity contribution >= 4 is 5.69 Å². The van der Waals surface area contributed by atoms with Crippen molar-refractivity contribution in [3.05, 3.63) is 53.6 Å². The van der Waals surface area contributed by atoms with Gasteiger partial charge in [-0.15, -0.1) is 0 Å². The Bertz CT molecular complexity index is 619. The molecule has 2 N–H and O–H groups in total. The van der Waals surface area contributed by atoms with Gasteiger partial charge in [-0.25, -0.2) is 8.78 Å². The molecule has 0 unspecified atom stereocenters. The lowest BCUT2D eigenvalue weighted by molar-refractivity contribution is -0.139. The normalized spacial score (nSPS) is 11.6. The molecule has 0 atom stereocenters. The Labute approximate surface area is 105 Å². The summed E-state index contributed by atoms with van der Waals surface area (Å²) in [6.07, 6.45) is -4.75. The first kappa shape index (κ1) is 13.3. The van der Waals surface area contributed by atoms with E-state index in [4.69, 9.17) is 5.73 Å². The number of anilines is 1. The first-order valence-corrected chi connectivity index (χ1v) is 5.21. The highest BCUT2D eigenvalue weighted by Crippen LogP contribution is 2.34. The molecule has 1 nitrogen and oxygen atoms in total. The molecular formula is C13H8F5N. The van der Waals surface area contributed by atoms with Crippen LogP contribution in [0.4, 0.5) is 27.6 Å². The number of benzene rings is 2. The molecule has 6 heteroatoms. The van der Waals surface area contributed by atoms with Gasteiger partial charge in [0.25, 0.3) is 0 Å². The van der Waals surface area contributed by atoms with Crippen LogP contribution in [0.1, 0.15) is 5.56 Å². The Morgan fingerprint density at radius 3 is 2.11 bits per heavy atom. The van der Waals surface area contributed by atoms with Crippen LogP contribution in [-0.2, 0) is 6.18 Å². The lowest BCUT2D eigenvalue weighted by atomic mass is 10.0. The summed E-state index contributed by atoms with van der Waals surface area (Å²) in [6.45, 7) is 0. The van der Waals surface area contributed by atoms with Gasteiger partial charge in [0.05, 0.1) is 5.56 Å². The Balaban J connectivity index is 2.51. The Morgan fingerprint density at radius 1 is 0.895 bits per heavy atom. The first-order chi connectivity index (χ1) is 8.79. The van der Waals surface area contributed by atoms with Crippen molar-refractivity contribution in [3.63, 3.8) is 0 Å². The topological polar surface area (TPSA) is 26.0 Å². The highest BCUT2D eigenvalue weighted by atomic mass is 19.4. The van der Waals surface area contributed by atoms with Crippen LogP contribution in [-0.4, -0.2) is 0 Å². The van der Waals surface area contributed by atoms with Crippen molar-refractivity contribution < 1.29 is 22.0 Å². The van der Waals surface area contributed by atoms with Crippen LogP contribution in [0, 0.1) is 11.6 Å². The lowest BCUT2D eigenvalue weighted by Crippen LogP contribution is -2.08. The van der Waals surface area contributed by atoms with Crippen LogP contribution in [0.3, 0.4) is 0 Å². The zero-order valence-electron chi connectivity index (χ0n) is 9.43. The summed E-state index contributed by atoms with van der Waals surface area (Å²) in [7, 11) is 0. The van der Waals surface area contributed by atoms with Crippen LogP contribution >= 0.6 is 0 Å². The highest BCUT2D eigenvalue weighted by Gasteiger charge is 2.33. The second kappa shape index (κ2) is 4.53. The molecule has 2 aromatic carbocycles. The van der Waals surface area contributed by atoms with Gasteiger partial charge in [0, 0.05) is 11.3 Å². The fraction of sp³-hybridized carbons (Fsp3) is 0.0769. The fourth-order valence-corrected chi connectivity index (χ4v) is 1.71. The molecule has 2 rings (SSSR count). The van der Waals surface area contributed by atoms with E-state index in [9.17, 15) is 22.0 Å². The standard InChI is InChI=1S/C13H8F5N/c14-8-2-3-9(12(19)6-8)7-1-4-10(11(15)5-7)13(16,17)18/h1-6H,19H2. The number of nitrogen functional groups attached to an aromatic ring is 1. The third-order valence-corrected chi connectivity index (χ3v) is 2.60. The van der Waals surface area contributed by atoms with Gasteiger partial charge in [-0.1, -0.05) is 6.07 Å². The van der Waals surface area contributed by atoms with E-state index in [2.05, 4.69) is 0 Å². The SMILES string of the molecule is Nc1cc(F)ccc1-c1ccc(C(F)(F)F)c(F)c1. The van der Waals surface area contributed by atoms with Crippen molar-refractivity contribution in [1.82, 2.24) is 0 Å². The lowest BCUT2D eigenvalue weighted by Gasteiger charge is -2.10. The van der Waals surface area contributed by atoms with Gasteiger partial charge in [0.1, 0.15) is 11.6 Å². The summed E-state index contributed by atoms with van der Waals surface area (Å²) < 4.78 is 63.5. The van der Waals surface area contributed by atoms with Crippen molar-refractivity contribution in [2.75, 3.05) is 5.73 Å². The predicted octanol–water partition coefficient (Wildman–Crippen LogP) is 4.23. The molecule has 100 valence electrons. The number of rotatable bonds is 1. The smallest absolute Gasteiger partial charge is 0.398 e. The molecule has 0 fully saturated rings. The first-order valence-electron chi connectivity index (χ1n) is 5.21. The molecule has 0 aliphatic heterocycles. The zero-order valence-corrected chi connectivity index (χ0v) is 9.43. The van der Waals surface area contributed by atoms with Gasteiger partial charge in [-0.3, -0.25) is 0 Å². The minimum atomic E-state index is -4.75. The van der Waals surface area contributed by atoms with E-state index >= 15 is 0 Å². The largest absolute Gasteiger partial charge is 0.419 e. The monoisotopic (exact) mass is 273 g/mol. The molecular weight excluding hydrogens is 265 g/mol. The number of hydrogen-bond acceptors (Lipinski definition) is 1. The number of halogens is 5. The number of alkyl halides is 3. The van der Waals surface area contributed by atoms with Crippen LogP contribution in [0.2, 0.25) is 0 Å². The molecule has 19 heavy (non-hydrogen) atoms. The summed E-state index contributed by atoms with van der Waals surface area (Å²) in [6, 6.07) is 5.86. The van der Waals surface area contributed by atoms with Gasteiger partial charge in [-0.2, -0.15) is 13.2 Å². The maximum absolute atomic E-state index is 13.4. The van der Waals surface area contributed by atoms with E-state index in [1.165, 1.54) is 6.07 Å². The van der Waals surface area contributed by atoms with Crippen LogP contribution < -0.4 is 5.73 Å². The third-order valence-electron chi connectivity index (χ3n) is 2.60. The van der Waals surface area contributed by atoms with E-state index in [0.29, 0.717) is 6.07 Å². The third kappa shape index (κ3) is 2.67. The summed E-state index contributed by atoms with van der Waals surface area (Å²) in [4.78, 5) is 0. The highest BCUT2D eigenvalue weighted by molar-refractivity contribution is 5.76. The Morgan fingerprint density at radius 2 is 1.58 bits per heavy atom. The van der Waals surface area contributed by atoms with Crippen LogP contribution in [0.25, 0.3) is 11.1 Å². The van der Waals surface area contributed by atoms with Crippen molar-refractivity contribution in [3.8, 4) is 11.1 Å². The number of hydrogen-bond donors (Lipinski definition) is 1. The molecule has 0 aliphatic carbocycles. The van der Waals surface area contributed by atoms with Crippen LogP contribution in [0.5, 0.6) is 0 Å². The molecule has 0 aliphatic rings. The summed E-state index contributed by atoms with van der Waals surface area (Å²) in [5.41, 5.74) is 4.65. The molecule has 0 saturated carbocycles. The van der Waals surface area contributed by atoms with Gasteiger partial charge >= 0.3 is 6.18 Å². The van der Waals surface area contributed by atoms with Crippen LogP contribution in [0.15, 0.2) is 36.4 Å². The minimum absolute atomic E-state index is 0.0270. The zero-order chi connectivity index (χ0) is 14.2. The maximum Gasteiger partial charge on any atom is 0.419 e. The molecule has 0 amide bonds. The van der Waals surface area contributed by atoms with Gasteiger partial charge in [0.15, 0.2) is 0 Å². The summed E-state index contributed by atoms with van der Waals surface area (Å²) in [5, 5.41) is 0. The number of nitrogens with two attached hydrogens (primary N) is 1. The van der Waals surface area contributed by atoms with Crippen molar-refractivity contribution in [2.45, 2.75) is 6.18 Å². The Kier molecular flexibility index (Phi) is 3.18. The second-order valence-electron chi connectivity index (χ2n) is 3.92. The summed E-state index contributed by atoms with van der Waals surface area (Å²) >= 11 is 0. The van der Waals surface area contributed by atoms with Gasteiger partial charge in [-0.05, 0) is 35.9 Å². The summed E-state index contributed by atoms with van der Waals surface area (Å²) in [5.74, 6) is -1.97. The van der Waals surface area contributed by atoms with Gasteiger partial charge in [0.2, 0.25) is 0 Å². The second-order valence-corrected chi connectivity index (χ2v) is 3.92. The van der Waals surface area contributed by atoms with Crippen molar-refractivity contribution in [1.29, 1.82) is 0 Å². The van der Waals surface area contributed by atoms with E-state index in [1.807, 2.05) is 0 Å². The molecule has 0 radical (unpaired) electrons. The minimum Gasteiger partial charge on any atom is -0.398 e. The van der Waals surface area contributed by atoms with Crippen molar-refractivity contribution in [2.24, 2.45) is 0 Å². The average molecular weight is 273 g/mol. The quantitative estimate of drug-likeness (QED) is 0.610. The molecule has 0 saturated heterocycles. The molecule has 0 heterocycles. The Hall–Kier alpha value is -2.11. The predicted molar refractivity (Wildman–Crippen MR) is 61.2 cm³/mol. The molecule has 0 spiro atoms. The van der Waals surface area contributed by atoms with E-state index in [1.54, 1.807) is 0 Å². The molecule has 2 aromatic rings. The molecule has 0 aromatic heterocycles. The van der Waals surface area contributed by atoms with E-state index < -0.39 is 23.4 Å². The average Bonchev–Trinajstić information content (AvgIpc) is 2.26.